The first-order valence-corrected chi connectivity index (χ1v) is 14.4. The van der Waals surface area contributed by atoms with Gasteiger partial charge in [-0.15, -0.1) is 0 Å². The van der Waals surface area contributed by atoms with Crippen molar-refractivity contribution in [2.45, 2.75) is 111 Å². The fourth-order valence-electron chi connectivity index (χ4n) is 4.29. The Morgan fingerprint density at radius 2 is 1.30 bits per heavy atom. The summed E-state index contributed by atoms with van der Waals surface area (Å²) >= 11 is 0. The van der Waals surface area contributed by atoms with E-state index < -0.39 is 18.3 Å². The molecule has 216 valence electrons. The van der Waals surface area contributed by atoms with Crippen LogP contribution in [0.4, 0.5) is 0 Å². The third kappa shape index (κ3) is 17.1. The Kier molecular flexibility index (Phi) is 18.9. The summed E-state index contributed by atoms with van der Waals surface area (Å²) in [5, 5.41) is 28.8. The predicted molar refractivity (Wildman–Crippen MR) is 150 cm³/mol. The van der Waals surface area contributed by atoms with Crippen LogP contribution in [0.2, 0.25) is 0 Å². The standard InChI is InChI=1S/C30H55NO6/c1-6-7-8-9-10-11-12-13-28-18-24(2)30(37-23-27(5)34)29(19-28)20-31(14-16-35-21-25(3)32)15-17-36-22-26(4)33/h18-19,25-27,32-34H,6-17,20-23H2,1-5H3. The maximum Gasteiger partial charge on any atom is 0.126 e. The number of benzene rings is 1. The van der Waals surface area contributed by atoms with Gasteiger partial charge in [-0.05, 0) is 51.7 Å². The van der Waals surface area contributed by atoms with E-state index in [1.807, 2.05) is 0 Å². The lowest BCUT2D eigenvalue weighted by atomic mass is 9.99. The predicted octanol–water partition coefficient (Wildman–Crippen LogP) is 4.64. The van der Waals surface area contributed by atoms with Crippen molar-refractivity contribution in [1.29, 1.82) is 0 Å². The molecule has 0 saturated heterocycles. The highest BCUT2D eigenvalue weighted by Crippen LogP contribution is 2.28. The highest BCUT2D eigenvalue weighted by Gasteiger charge is 2.15. The van der Waals surface area contributed by atoms with Gasteiger partial charge in [-0.1, -0.05) is 57.6 Å². The summed E-state index contributed by atoms with van der Waals surface area (Å²) in [4.78, 5) is 2.26. The third-order valence-electron chi connectivity index (χ3n) is 6.16. The minimum absolute atomic E-state index is 0.250. The maximum atomic E-state index is 9.82. The molecule has 0 saturated carbocycles. The van der Waals surface area contributed by atoms with E-state index >= 15 is 0 Å². The smallest absolute Gasteiger partial charge is 0.126 e. The van der Waals surface area contributed by atoms with Crippen molar-refractivity contribution in [2.24, 2.45) is 0 Å². The average Bonchev–Trinajstić information content (AvgIpc) is 2.82. The summed E-state index contributed by atoms with van der Waals surface area (Å²) < 4.78 is 17.3. The highest BCUT2D eigenvalue weighted by atomic mass is 16.5. The van der Waals surface area contributed by atoms with Gasteiger partial charge in [0.15, 0.2) is 0 Å². The lowest BCUT2D eigenvalue weighted by Gasteiger charge is -2.25. The third-order valence-corrected chi connectivity index (χ3v) is 6.16. The van der Waals surface area contributed by atoms with E-state index in [9.17, 15) is 15.3 Å². The Morgan fingerprint density at radius 3 is 1.84 bits per heavy atom. The number of aliphatic hydroxyl groups is 3. The van der Waals surface area contributed by atoms with Crippen LogP contribution in [0.5, 0.6) is 5.75 Å². The van der Waals surface area contributed by atoms with Crippen LogP contribution >= 0.6 is 0 Å². The van der Waals surface area contributed by atoms with E-state index in [0.717, 1.165) is 23.3 Å². The zero-order valence-corrected chi connectivity index (χ0v) is 24.2. The van der Waals surface area contributed by atoms with E-state index in [-0.39, 0.29) is 6.61 Å². The average molecular weight is 526 g/mol. The van der Waals surface area contributed by atoms with Gasteiger partial charge < -0.3 is 29.5 Å². The molecular formula is C30H55NO6. The highest BCUT2D eigenvalue weighted by molar-refractivity contribution is 5.44. The molecule has 0 fully saturated rings. The molecule has 3 unspecified atom stereocenters. The zero-order valence-electron chi connectivity index (χ0n) is 24.2. The molecule has 0 aliphatic heterocycles. The van der Waals surface area contributed by atoms with Crippen LogP contribution in [0.1, 0.15) is 89.3 Å². The van der Waals surface area contributed by atoms with Gasteiger partial charge >= 0.3 is 0 Å². The molecule has 0 aliphatic carbocycles. The number of nitrogens with zero attached hydrogens (tertiary/aromatic N) is 1. The first-order valence-electron chi connectivity index (χ1n) is 14.4. The van der Waals surface area contributed by atoms with Gasteiger partial charge in [0.25, 0.3) is 0 Å². The van der Waals surface area contributed by atoms with Crippen LogP contribution in [0, 0.1) is 6.92 Å². The minimum Gasteiger partial charge on any atom is -0.490 e. The van der Waals surface area contributed by atoms with Crippen LogP contribution in [0.15, 0.2) is 12.1 Å². The second-order valence-corrected chi connectivity index (χ2v) is 10.6. The van der Waals surface area contributed by atoms with Crippen LogP contribution in [0.25, 0.3) is 0 Å². The van der Waals surface area contributed by atoms with Crippen LogP contribution in [-0.2, 0) is 22.4 Å². The van der Waals surface area contributed by atoms with E-state index in [0.29, 0.717) is 46.1 Å². The number of unbranched alkanes of at least 4 members (excludes halogenated alkanes) is 6. The molecule has 3 atom stereocenters. The van der Waals surface area contributed by atoms with Gasteiger partial charge in [-0.25, -0.2) is 0 Å². The lowest BCUT2D eigenvalue weighted by Crippen LogP contribution is -2.32. The summed E-state index contributed by atoms with van der Waals surface area (Å²) in [5.41, 5.74) is 3.51. The second kappa shape index (κ2) is 20.7. The second-order valence-electron chi connectivity index (χ2n) is 10.6. The van der Waals surface area contributed by atoms with Gasteiger partial charge in [0, 0.05) is 25.2 Å². The van der Waals surface area contributed by atoms with Crippen LogP contribution in [-0.4, -0.2) is 84.7 Å². The quantitative estimate of drug-likeness (QED) is 0.179. The van der Waals surface area contributed by atoms with E-state index in [1.165, 1.54) is 50.5 Å². The van der Waals surface area contributed by atoms with E-state index in [2.05, 4.69) is 30.9 Å². The molecule has 0 heterocycles. The summed E-state index contributed by atoms with van der Waals surface area (Å²) in [5.74, 6) is 0.837. The van der Waals surface area contributed by atoms with Gasteiger partial charge in [0.2, 0.25) is 0 Å². The Morgan fingerprint density at radius 1 is 0.757 bits per heavy atom. The Labute approximate surface area is 226 Å². The Bertz CT molecular complexity index is 679. The SMILES string of the molecule is CCCCCCCCCc1cc(C)c(OCC(C)O)c(CN(CCOCC(C)O)CCOCC(C)O)c1. The zero-order chi connectivity index (χ0) is 27.5. The number of aryl methyl sites for hydroxylation is 2. The van der Waals surface area contributed by atoms with Crippen molar-refractivity contribution in [3.63, 3.8) is 0 Å². The van der Waals surface area contributed by atoms with Crippen LogP contribution < -0.4 is 4.74 Å². The topological polar surface area (TPSA) is 91.6 Å². The Hall–Kier alpha value is -1.22. The molecule has 0 aromatic heterocycles. The van der Waals surface area contributed by atoms with Gasteiger partial charge in [-0.2, -0.15) is 0 Å². The van der Waals surface area contributed by atoms with E-state index in [4.69, 9.17) is 14.2 Å². The summed E-state index contributed by atoms with van der Waals surface area (Å²) in [6.07, 6.45) is 8.54. The lowest BCUT2D eigenvalue weighted by molar-refractivity contribution is 0.0171. The van der Waals surface area contributed by atoms with Crippen LogP contribution in [0.3, 0.4) is 0 Å². The van der Waals surface area contributed by atoms with Crippen molar-refractivity contribution >= 4 is 0 Å². The number of hydrogen-bond donors (Lipinski definition) is 3. The Balaban J connectivity index is 2.91. The largest absolute Gasteiger partial charge is 0.490 e. The molecule has 0 amide bonds. The first kappa shape index (κ1) is 33.8. The molecule has 0 bridgehead atoms. The molecule has 0 spiro atoms. The molecule has 1 aromatic rings. The fraction of sp³-hybridized carbons (Fsp3) is 0.800. The number of aliphatic hydroxyl groups excluding tert-OH is 3. The van der Waals surface area contributed by atoms with Crippen molar-refractivity contribution in [2.75, 3.05) is 46.1 Å². The van der Waals surface area contributed by atoms with Crippen molar-refractivity contribution in [1.82, 2.24) is 4.90 Å². The summed E-state index contributed by atoms with van der Waals surface area (Å²) in [6, 6.07) is 4.47. The number of rotatable bonds is 23. The van der Waals surface area contributed by atoms with Crippen molar-refractivity contribution in [3.05, 3.63) is 28.8 Å². The number of hydrogen-bond acceptors (Lipinski definition) is 7. The monoisotopic (exact) mass is 525 g/mol. The summed E-state index contributed by atoms with van der Waals surface area (Å²) in [6.45, 7) is 13.4. The van der Waals surface area contributed by atoms with Gasteiger partial charge in [0.1, 0.15) is 12.4 Å². The normalized spacial score (nSPS) is 14.2. The minimum atomic E-state index is -0.543. The molecule has 1 rings (SSSR count). The van der Waals surface area contributed by atoms with Gasteiger partial charge in [0.05, 0.1) is 44.7 Å². The molecule has 1 aromatic carbocycles. The fourth-order valence-corrected chi connectivity index (χ4v) is 4.29. The van der Waals surface area contributed by atoms with Crippen molar-refractivity contribution < 1.29 is 29.5 Å². The molecule has 0 radical (unpaired) electrons. The molecule has 7 heteroatoms. The molecule has 7 nitrogen and oxygen atoms in total. The van der Waals surface area contributed by atoms with E-state index in [1.54, 1.807) is 20.8 Å². The van der Waals surface area contributed by atoms with Gasteiger partial charge in [-0.3, -0.25) is 4.90 Å². The molecular weight excluding hydrogens is 470 g/mol. The maximum absolute atomic E-state index is 9.82. The van der Waals surface area contributed by atoms with Crippen molar-refractivity contribution in [3.8, 4) is 5.75 Å². The summed E-state index contributed by atoms with van der Waals surface area (Å²) in [7, 11) is 0. The number of ether oxygens (including phenoxy) is 3. The molecule has 3 N–H and O–H groups in total. The first-order chi connectivity index (χ1) is 17.7. The molecule has 37 heavy (non-hydrogen) atoms. The molecule has 0 aliphatic rings.